The third-order valence-electron chi connectivity index (χ3n) is 4.44. The summed E-state index contributed by atoms with van der Waals surface area (Å²) in [7, 11) is 0. The number of rotatable bonds is 7. The summed E-state index contributed by atoms with van der Waals surface area (Å²) in [6.45, 7) is 4.13. The minimum atomic E-state index is -4.44. The molecular formula is C20H21F3N4OS. The number of unbranched alkanes of at least 4 members (excludes halogenated alkanes) is 1. The van der Waals surface area contributed by atoms with Gasteiger partial charge in [0.05, 0.1) is 33.7 Å². The number of carbonyl (C=O) groups excluding carboxylic acids is 1. The van der Waals surface area contributed by atoms with Crippen molar-refractivity contribution in [1.29, 1.82) is 0 Å². The van der Waals surface area contributed by atoms with Crippen molar-refractivity contribution in [2.45, 2.75) is 39.3 Å². The fourth-order valence-corrected chi connectivity index (χ4v) is 3.74. The Kier molecular flexibility index (Phi) is 6.36. The van der Waals surface area contributed by atoms with Crippen molar-refractivity contribution in [3.8, 4) is 5.69 Å². The van der Waals surface area contributed by atoms with Crippen molar-refractivity contribution in [3.63, 3.8) is 0 Å². The molecule has 3 aromatic rings. The molecule has 2 aromatic heterocycles. The third-order valence-corrected chi connectivity index (χ3v) is 5.47. The van der Waals surface area contributed by atoms with Crippen LogP contribution >= 0.6 is 11.3 Å². The molecule has 0 spiro atoms. The summed E-state index contributed by atoms with van der Waals surface area (Å²) in [6.07, 6.45) is -0.459. The Labute approximate surface area is 170 Å². The van der Waals surface area contributed by atoms with Crippen molar-refractivity contribution in [1.82, 2.24) is 20.1 Å². The molecule has 3 rings (SSSR count). The fourth-order valence-electron chi connectivity index (χ4n) is 2.92. The Hall–Kier alpha value is -2.68. The predicted octanol–water partition coefficient (Wildman–Crippen LogP) is 4.72. The van der Waals surface area contributed by atoms with E-state index in [0.717, 1.165) is 42.1 Å². The zero-order chi connectivity index (χ0) is 21.0. The van der Waals surface area contributed by atoms with E-state index in [4.69, 9.17) is 0 Å². The highest BCUT2D eigenvalue weighted by Gasteiger charge is 2.30. The molecule has 0 atom stereocenters. The van der Waals surface area contributed by atoms with Crippen LogP contribution in [-0.2, 0) is 12.6 Å². The third kappa shape index (κ3) is 5.23. The molecule has 0 radical (unpaired) electrons. The van der Waals surface area contributed by atoms with Gasteiger partial charge in [-0.25, -0.2) is 9.67 Å². The van der Waals surface area contributed by atoms with E-state index in [2.05, 4.69) is 15.4 Å². The number of alkyl halides is 3. The van der Waals surface area contributed by atoms with E-state index in [-0.39, 0.29) is 11.6 Å². The smallest absolute Gasteiger partial charge is 0.352 e. The van der Waals surface area contributed by atoms with Crippen LogP contribution in [0.5, 0.6) is 0 Å². The molecule has 1 N–H and O–H groups in total. The van der Waals surface area contributed by atoms with Gasteiger partial charge in [-0.15, -0.1) is 11.3 Å². The topological polar surface area (TPSA) is 59.8 Å². The summed E-state index contributed by atoms with van der Waals surface area (Å²) < 4.78 is 40.1. The lowest BCUT2D eigenvalue weighted by Crippen LogP contribution is -2.25. The SMILES string of the molecule is Cc1csc(CCCCNC(=O)c2cnn(-c3cccc(C(F)(F)F)c3)c2C)n1. The van der Waals surface area contributed by atoms with Gasteiger partial charge in [0.1, 0.15) is 0 Å². The molecule has 0 unspecified atom stereocenters. The maximum atomic E-state index is 12.9. The first kappa shape index (κ1) is 21.0. The van der Waals surface area contributed by atoms with Gasteiger partial charge in [-0.3, -0.25) is 4.79 Å². The van der Waals surface area contributed by atoms with Crippen LogP contribution < -0.4 is 5.32 Å². The second kappa shape index (κ2) is 8.77. The number of amides is 1. The van der Waals surface area contributed by atoms with Crippen molar-refractivity contribution in [3.05, 3.63) is 63.4 Å². The number of nitrogens with one attached hydrogen (secondary N) is 1. The molecule has 9 heteroatoms. The van der Waals surface area contributed by atoms with Crippen LogP contribution in [0.4, 0.5) is 13.2 Å². The molecular weight excluding hydrogens is 401 g/mol. The second-order valence-corrected chi connectivity index (χ2v) is 7.64. The number of aromatic nitrogens is 3. The highest BCUT2D eigenvalue weighted by atomic mass is 32.1. The number of carbonyl (C=O) groups is 1. The molecule has 154 valence electrons. The van der Waals surface area contributed by atoms with E-state index >= 15 is 0 Å². The van der Waals surface area contributed by atoms with Gasteiger partial charge in [-0.1, -0.05) is 6.07 Å². The van der Waals surface area contributed by atoms with Crippen LogP contribution in [-0.4, -0.2) is 27.2 Å². The van der Waals surface area contributed by atoms with Gasteiger partial charge in [0.15, 0.2) is 0 Å². The lowest BCUT2D eigenvalue weighted by molar-refractivity contribution is -0.137. The summed E-state index contributed by atoms with van der Waals surface area (Å²) in [5, 5.41) is 10.0. The Bertz CT molecular complexity index is 994. The van der Waals surface area contributed by atoms with Crippen molar-refractivity contribution < 1.29 is 18.0 Å². The molecule has 0 aliphatic carbocycles. The van der Waals surface area contributed by atoms with E-state index < -0.39 is 11.7 Å². The number of halogens is 3. The molecule has 0 saturated carbocycles. The summed E-state index contributed by atoms with van der Waals surface area (Å²) >= 11 is 1.64. The minimum absolute atomic E-state index is 0.259. The Morgan fingerprint density at radius 2 is 2.03 bits per heavy atom. The Morgan fingerprint density at radius 3 is 2.72 bits per heavy atom. The number of thiazole rings is 1. The van der Waals surface area contributed by atoms with Crippen molar-refractivity contribution in [2.75, 3.05) is 6.54 Å². The maximum absolute atomic E-state index is 12.9. The first-order valence-electron chi connectivity index (χ1n) is 9.17. The van der Waals surface area contributed by atoms with Gasteiger partial charge in [-0.2, -0.15) is 18.3 Å². The average Bonchev–Trinajstić information content (AvgIpc) is 3.26. The summed E-state index contributed by atoms with van der Waals surface area (Å²) in [4.78, 5) is 16.8. The molecule has 2 heterocycles. The number of aryl methyl sites for hydroxylation is 2. The van der Waals surface area contributed by atoms with Gasteiger partial charge in [0, 0.05) is 17.6 Å². The van der Waals surface area contributed by atoms with Crippen LogP contribution in [0.15, 0.2) is 35.8 Å². The molecule has 5 nitrogen and oxygen atoms in total. The van der Waals surface area contributed by atoms with Crippen LogP contribution in [0, 0.1) is 13.8 Å². The van der Waals surface area contributed by atoms with Gasteiger partial charge < -0.3 is 5.32 Å². The summed E-state index contributed by atoms with van der Waals surface area (Å²) in [6, 6.07) is 4.87. The summed E-state index contributed by atoms with van der Waals surface area (Å²) in [5.41, 5.74) is 1.35. The Balaban J connectivity index is 1.58. The molecule has 0 fully saturated rings. The van der Waals surface area contributed by atoms with Crippen molar-refractivity contribution >= 4 is 17.2 Å². The first-order valence-corrected chi connectivity index (χ1v) is 10.0. The van der Waals surface area contributed by atoms with E-state index in [1.807, 2.05) is 12.3 Å². The zero-order valence-electron chi connectivity index (χ0n) is 16.1. The van der Waals surface area contributed by atoms with Crippen LogP contribution in [0.2, 0.25) is 0 Å². The molecule has 0 aliphatic rings. The van der Waals surface area contributed by atoms with Crippen LogP contribution in [0.25, 0.3) is 5.69 Å². The number of hydrogen-bond donors (Lipinski definition) is 1. The van der Waals surface area contributed by atoms with E-state index in [9.17, 15) is 18.0 Å². The van der Waals surface area contributed by atoms with Crippen LogP contribution in [0.1, 0.15) is 45.2 Å². The molecule has 0 saturated heterocycles. The van der Waals surface area contributed by atoms with Crippen molar-refractivity contribution in [2.24, 2.45) is 0 Å². The monoisotopic (exact) mass is 422 g/mol. The highest BCUT2D eigenvalue weighted by Crippen LogP contribution is 2.30. The Morgan fingerprint density at radius 1 is 1.24 bits per heavy atom. The van der Waals surface area contributed by atoms with Gasteiger partial charge in [0.25, 0.3) is 5.91 Å². The average molecular weight is 422 g/mol. The highest BCUT2D eigenvalue weighted by molar-refractivity contribution is 7.09. The summed E-state index contributed by atoms with van der Waals surface area (Å²) in [5.74, 6) is -0.286. The fraction of sp³-hybridized carbons (Fsp3) is 0.350. The number of nitrogens with zero attached hydrogens (tertiary/aromatic N) is 3. The lowest BCUT2D eigenvalue weighted by atomic mass is 10.2. The quantitative estimate of drug-likeness (QED) is 0.561. The number of benzene rings is 1. The molecule has 1 aromatic carbocycles. The lowest BCUT2D eigenvalue weighted by Gasteiger charge is -2.10. The van der Waals surface area contributed by atoms with E-state index in [1.165, 1.54) is 23.0 Å². The second-order valence-electron chi connectivity index (χ2n) is 6.70. The normalized spacial score (nSPS) is 11.6. The molecule has 29 heavy (non-hydrogen) atoms. The van der Waals surface area contributed by atoms with Gasteiger partial charge in [-0.05, 0) is 51.3 Å². The number of hydrogen-bond acceptors (Lipinski definition) is 4. The van der Waals surface area contributed by atoms with E-state index in [1.54, 1.807) is 18.3 Å². The molecule has 0 bridgehead atoms. The maximum Gasteiger partial charge on any atom is 0.416 e. The minimum Gasteiger partial charge on any atom is -0.352 e. The van der Waals surface area contributed by atoms with Gasteiger partial charge >= 0.3 is 6.18 Å². The first-order chi connectivity index (χ1) is 13.8. The predicted molar refractivity (Wildman–Crippen MR) is 105 cm³/mol. The largest absolute Gasteiger partial charge is 0.416 e. The zero-order valence-corrected chi connectivity index (χ0v) is 16.9. The van der Waals surface area contributed by atoms with Gasteiger partial charge in [0.2, 0.25) is 0 Å². The van der Waals surface area contributed by atoms with Crippen LogP contribution in [0.3, 0.4) is 0 Å². The van der Waals surface area contributed by atoms with E-state index in [0.29, 0.717) is 17.8 Å². The standard InChI is InChI=1S/C20H21F3N4OS/c1-13-12-29-18(26-13)8-3-4-9-24-19(28)17-11-25-27(14(17)2)16-7-5-6-15(10-16)20(21,22)23/h5-7,10-12H,3-4,8-9H2,1-2H3,(H,24,28). The molecule has 0 aliphatic heterocycles. The molecule has 1 amide bonds.